The van der Waals surface area contributed by atoms with Crippen LogP contribution in [0.3, 0.4) is 0 Å². The average molecular weight is 377 g/mol. The number of benzene rings is 3. The molecule has 29 heavy (non-hydrogen) atoms. The van der Waals surface area contributed by atoms with Gasteiger partial charge in [-0.25, -0.2) is 0 Å². The van der Waals surface area contributed by atoms with Crippen LogP contribution in [0, 0.1) is 6.92 Å². The summed E-state index contributed by atoms with van der Waals surface area (Å²) >= 11 is 0. The van der Waals surface area contributed by atoms with Crippen LogP contribution >= 0.6 is 0 Å². The van der Waals surface area contributed by atoms with Gasteiger partial charge in [0.25, 0.3) is 0 Å². The zero-order valence-corrected chi connectivity index (χ0v) is 16.6. The molecule has 4 aromatic rings. The largest absolute Gasteiger partial charge is 0.277 e. The van der Waals surface area contributed by atoms with Crippen LogP contribution in [0.5, 0.6) is 0 Å². The third-order valence-corrected chi connectivity index (χ3v) is 5.99. The van der Waals surface area contributed by atoms with Gasteiger partial charge in [0.05, 0.1) is 5.54 Å². The first-order chi connectivity index (χ1) is 14.3. The van der Waals surface area contributed by atoms with E-state index in [1.165, 1.54) is 27.8 Å². The summed E-state index contributed by atoms with van der Waals surface area (Å²) in [4.78, 5) is 7.15. The van der Waals surface area contributed by atoms with E-state index in [1.807, 2.05) is 0 Å². The van der Waals surface area contributed by atoms with Crippen molar-refractivity contribution in [2.24, 2.45) is 0 Å². The summed E-state index contributed by atoms with van der Waals surface area (Å²) in [5.74, 6) is 0. The van der Waals surface area contributed by atoms with E-state index in [-0.39, 0.29) is 5.54 Å². The number of hydrogen-bond donors (Lipinski definition) is 0. The Morgan fingerprint density at radius 1 is 0.655 bits per heavy atom. The molecule has 0 spiro atoms. The van der Waals surface area contributed by atoms with E-state index in [0.717, 1.165) is 18.8 Å². The highest BCUT2D eigenvalue weighted by Gasteiger charge is 2.44. The Kier molecular flexibility index (Phi) is 4.49. The predicted molar refractivity (Wildman–Crippen MR) is 117 cm³/mol. The zero-order valence-electron chi connectivity index (χ0n) is 16.6. The lowest BCUT2D eigenvalue weighted by molar-refractivity contribution is 0.157. The van der Waals surface area contributed by atoms with Crippen molar-refractivity contribution < 1.29 is 0 Å². The van der Waals surface area contributed by atoms with Crippen LogP contribution in [0.15, 0.2) is 103 Å². The fourth-order valence-electron chi connectivity index (χ4n) is 4.72. The average Bonchev–Trinajstić information content (AvgIpc) is 3.20. The van der Waals surface area contributed by atoms with E-state index in [0.29, 0.717) is 0 Å². The minimum absolute atomic E-state index is 0.364. The summed E-state index contributed by atoms with van der Waals surface area (Å²) in [6.07, 6.45) is 2.05. The lowest BCUT2D eigenvalue weighted by atomic mass is 9.75. The maximum absolute atomic E-state index is 4.56. The summed E-state index contributed by atoms with van der Waals surface area (Å²) < 4.78 is 0. The molecule has 2 nitrogen and oxygen atoms in total. The molecule has 0 aliphatic carbocycles. The maximum atomic E-state index is 4.56. The van der Waals surface area contributed by atoms with Crippen LogP contribution in [-0.2, 0) is 18.6 Å². The highest BCUT2D eigenvalue weighted by molar-refractivity contribution is 5.51. The standard InChI is InChI=1S/C27H24N2/c1-21-17-22-19-29(20-23(22)18-28-21)27(24-11-5-2-6-12-24,25-13-7-3-8-14-25)26-15-9-4-10-16-26/h2-18H,19-20H2,1H3. The van der Waals surface area contributed by atoms with Crippen molar-refractivity contribution in [2.75, 3.05) is 0 Å². The summed E-state index contributed by atoms with van der Waals surface area (Å²) in [5, 5.41) is 0. The molecule has 0 amide bonds. The number of fused-ring (bicyclic) bond motifs is 1. The Labute approximate surface area is 172 Å². The molecule has 1 aromatic heterocycles. The number of hydrogen-bond acceptors (Lipinski definition) is 2. The molecule has 1 aliphatic rings. The molecule has 5 rings (SSSR count). The van der Waals surface area contributed by atoms with E-state index in [9.17, 15) is 0 Å². The Morgan fingerprint density at radius 3 is 1.59 bits per heavy atom. The first-order valence-electron chi connectivity index (χ1n) is 10.1. The molecule has 0 radical (unpaired) electrons. The van der Waals surface area contributed by atoms with E-state index in [4.69, 9.17) is 0 Å². The van der Waals surface area contributed by atoms with Gasteiger partial charge in [-0.15, -0.1) is 0 Å². The van der Waals surface area contributed by atoms with Crippen LogP contribution < -0.4 is 0 Å². The van der Waals surface area contributed by atoms with Crippen molar-refractivity contribution in [1.82, 2.24) is 9.88 Å². The van der Waals surface area contributed by atoms with Crippen molar-refractivity contribution in [3.63, 3.8) is 0 Å². The second-order valence-corrected chi connectivity index (χ2v) is 7.76. The van der Waals surface area contributed by atoms with Gasteiger partial charge in [-0.3, -0.25) is 9.88 Å². The minimum atomic E-state index is -0.364. The van der Waals surface area contributed by atoms with Crippen LogP contribution in [0.2, 0.25) is 0 Å². The second kappa shape index (κ2) is 7.31. The van der Waals surface area contributed by atoms with Crippen LogP contribution in [0.4, 0.5) is 0 Å². The molecule has 3 aromatic carbocycles. The number of aryl methyl sites for hydroxylation is 1. The molecule has 0 saturated heterocycles. The maximum Gasteiger partial charge on any atom is 0.0978 e. The SMILES string of the molecule is Cc1cc2c(cn1)CN(C(c1ccccc1)(c1ccccc1)c1ccccc1)C2. The fraction of sp³-hybridized carbons (Fsp3) is 0.148. The first kappa shape index (κ1) is 17.8. The molecule has 0 atom stereocenters. The molecule has 0 saturated carbocycles. The highest BCUT2D eigenvalue weighted by atomic mass is 15.2. The zero-order chi connectivity index (χ0) is 19.7. The van der Waals surface area contributed by atoms with E-state index < -0.39 is 0 Å². The lowest BCUT2D eigenvalue weighted by Gasteiger charge is -2.43. The summed E-state index contributed by atoms with van der Waals surface area (Å²) in [6, 6.07) is 34.9. The molecule has 2 heterocycles. The molecule has 0 N–H and O–H groups in total. The Bertz CT molecular complexity index is 1010. The molecule has 1 aliphatic heterocycles. The minimum Gasteiger partial charge on any atom is -0.277 e. The van der Waals surface area contributed by atoms with E-state index in [2.05, 4.69) is 120 Å². The molecule has 0 unspecified atom stereocenters. The van der Waals surface area contributed by atoms with E-state index >= 15 is 0 Å². The van der Waals surface area contributed by atoms with Gasteiger partial charge in [0.1, 0.15) is 0 Å². The van der Waals surface area contributed by atoms with Gasteiger partial charge < -0.3 is 0 Å². The highest BCUT2D eigenvalue weighted by Crippen LogP contribution is 2.46. The van der Waals surface area contributed by atoms with Gasteiger partial charge in [0.15, 0.2) is 0 Å². The molecule has 142 valence electrons. The van der Waals surface area contributed by atoms with Crippen molar-refractivity contribution in [2.45, 2.75) is 25.6 Å². The van der Waals surface area contributed by atoms with Crippen LogP contribution in [0.25, 0.3) is 0 Å². The Morgan fingerprint density at radius 2 is 1.10 bits per heavy atom. The Hall–Kier alpha value is -3.23. The van der Waals surface area contributed by atoms with Gasteiger partial charge in [-0.05, 0) is 40.8 Å². The molecular formula is C27H24N2. The quantitative estimate of drug-likeness (QED) is 0.425. The fourth-order valence-corrected chi connectivity index (χ4v) is 4.72. The summed E-state index contributed by atoms with van der Waals surface area (Å²) in [6.45, 7) is 3.85. The van der Waals surface area contributed by atoms with Crippen molar-refractivity contribution in [1.29, 1.82) is 0 Å². The number of pyridine rings is 1. The number of nitrogens with zero attached hydrogens (tertiary/aromatic N) is 2. The smallest absolute Gasteiger partial charge is 0.0978 e. The molecule has 0 bridgehead atoms. The lowest BCUT2D eigenvalue weighted by Crippen LogP contribution is -2.45. The topological polar surface area (TPSA) is 16.1 Å². The van der Waals surface area contributed by atoms with Gasteiger partial charge in [0.2, 0.25) is 0 Å². The van der Waals surface area contributed by atoms with Gasteiger partial charge in [-0.1, -0.05) is 91.0 Å². The Balaban J connectivity index is 1.78. The predicted octanol–water partition coefficient (Wildman–Crippen LogP) is 5.70. The van der Waals surface area contributed by atoms with Crippen molar-refractivity contribution in [3.8, 4) is 0 Å². The summed E-state index contributed by atoms with van der Waals surface area (Å²) in [7, 11) is 0. The van der Waals surface area contributed by atoms with Crippen LogP contribution in [0.1, 0.15) is 33.5 Å². The van der Waals surface area contributed by atoms with Crippen molar-refractivity contribution >= 4 is 0 Å². The van der Waals surface area contributed by atoms with Crippen molar-refractivity contribution in [3.05, 3.63) is 137 Å². The van der Waals surface area contributed by atoms with E-state index in [1.54, 1.807) is 0 Å². The summed E-state index contributed by atoms with van der Waals surface area (Å²) in [5.41, 5.74) is 7.28. The number of rotatable bonds is 4. The molecule has 2 heteroatoms. The molecular weight excluding hydrogens is 352 g/mol. The van der Waals surface area contributed by atoms with Gasteiger partial charge in [0, 0.05) is 25.0 Å². The molecule has 0 fully saturated rings. The van der Waals surface area contributed by atoms with Gasteiger partial charge in [-0.2, -0.15) is 0 Å². The number of aromatic nitrogens is 1. The third-order valence-electron chi connectivity index (χ3n) is 5.99. The van der Waals surface area contributed by atoms with Crippen LogP contribution in [-0.4, -0.2) is 9.88 Å². The monoisotopic (exact) mass is 376 g/mol. The normalized spacial score (nSPS) is 14.0. The second-order valence-electron chi connectivity index (χ2n) is 7.76. The third kappa shape index (κ3) is 2.97. The van der Waals surface area contributed by atoms with Gasteiger partial charge >= 0.3 is 0 Å². The first-order valence-corrected chi connectivity index (χ1v) is 10.1.